The lowest BCUT2D eigenvalue weighted by molar-refractivity contribution is -0.136. The molecule has 1 aromatic carbocycles. The van der Waals surface area contributed by atoms with Gasteiger partial charge in [0, 0.05) is 24.1 Å². The molecule has 0 spiro atoms. The van der Waals surface area contributed by atoms with Crippen molar-refractivity contribution in [3.63, 3.8) is 0 Å². The lowest BCUT2D eigenvalue weighted by atomic mass is 9.86. The number of carbonyl (C=O) groups excluding carboxylic acids is 3. The number of piperidine rings is 1. The molecule has 1 aliphatic carbocycles. The highest BCUT2D eigenvalue weighted by atomic mass is 16.2. The summed E-state index contributed by atoms with van der Waals surface area (Å²) in [6.07, 6.45) is 6.46. The molecule has 0 aromatic heterocycles. The first-order valence-electron chi connectivity index (χ1n) is 9.71. The Bertz CT molecular complexity index is 944. The maximum atomic E-state index is 12.8. The second-order valence-electron chi connectivity index (χ2n) is 7.56. The summed E-state index contributed by atoms with van der Waals surface area (Å²) in [5.41, 5.74) is 4.85. The Balaban J connectivity index is 1.60. The van der Waals surface area contributed by atoms with Gasteiger partial charge in [0.25, 0.3) is 5.91 Å². The summed E-state index contributed by atoms with van der Waals surface area (Å²) in [7, 11) is 0. The summed E-state index contributed by atoms with van der Waals surface area (Å²) in [6.45, 7) is 4.21. The number of rotatable bonds is 4. The molecule has 6 heteroatoms. The van der Waals surface area contributed by atoms with Crippen molar-refractivity contribution in [2.45, 2.75) is 51.1 Å². The zero-order valence-corrected chi connectivity index (χ0v) is 15.7. The van der Waals surface area contributed by atoms with Crippen LogP contribution in [-0.4, -0.2) is 34.4 Å². The largest absolute Gasteiger partial charge is 0.322 e. The Morgan fingerprint density at radius 3 is 2.71 bits per heavy atom. The molecule has 1 fully saturated rings. The molecule has 2 aliphatic heterocycles. The van der Waals surface area contributed by atoms with Crippen LogP contribution in [0.5, 0.6) is 0 Å². The average molecular weight is 377 g/mol. The van der Waals surface area contributed by atoms with Gasteiger partial charge in [-0.05, 0) is 60.9 Å². The van der Waals surface area contributed by atoms with Gasteiger partial charge in [0.15, 0.2) is 0 Å². The van der Waals surface area contributed by atoms with Gasteiger partial charge in [-0.15, -0.1) is 0 Å². The standard InChI is InChI=1S/C22H23N3O3/c1-2-13-5-3-4-6-16(13)20(23)14-7-8-17-15(11-14)12-25(22(17)28)18-9-10-19(26)24-21(18)27/h2,7-8,11,18,23H,1,3-6,9-10,12H2,(H,24,26,27). The van der Waals surface area contributed by atoms with E-state index in [0.29, 0.717) is 24.2 Å². The summed E-state index contributed by atoms with van der Waals surface area (Å²) in [5.74, 6) is -0.889. The Morgan fingerprint density at radius 1 is 1.18 bits per heavy atom. The van der Waals surface area contributed by atoms with Crippen LogP contribution in [0.25, 0.3) is 0 Å². The van der Waals surface area contributed by atoms with Crippen LogP contribution in [0.1, 0.15) is 60.0 Å². The second kappa shape index (κ2) is 7.19. The fourth-order valence-corrected chi connectivity index (χ4v) is 4.34. The summed E-state index contributed by atoms with van der Waals surface area (Å²) in [4.78, 5) is 37.9. The molecule has 0 radical (unpaired) electrons. The molecule has 3 aliphatic rings. The second-order valence-corrected chi connectivity index (χ2v) is 7.56. The first-order chi connectivity index (χ1) is 13.5. The van der Waals surface area contributed by atoms with E-state index < -0.39 is 11.9 Å². The van der Waals surface area contributed by atoms with E-state index in [1.165, 1.54) is 4.90 Å². The smallest absolute Gasteiger partial charge is 0.255 e. The first kappa shape index (κ1) is 18.3. The van der Waals surface area contributed by atoms with Crippen LogP contribution in [0.2, 0.25) is 0 Å². The predicted molar refractivity (Wildman–Crippen MR) is 105 cm³/mol. The van der Waals surface area contributed by atoms with Gasteiger partial charge in [-0.3, -0.25) is 25.1 Å². The first-order valence-corrected chi connectivity index (χ1v) is 9.71. The third-order valence-corrected chi connectivity index (χ3v) is 5.87. The molecule has 1 unspecified atom stereocenters. The van der Waals surface area contributed by atoms with Crippen LogP contribution in [0, 0.1) is 5.41 Å². The molecule has 0 saturated carbocycles. The van der Waals surface area contributed by atoms with Crippen LogP contribution in [0.3, 0.4) is 0 Å². The predicted octanol–water partition coefficient (Wildman–Crippen LogP) is 2.87. The lowest BCUT2D eigenvalue weighted by Gasteiger charge is -2.29. The number of amides is 3. The number of hydrogen-bond acceptors (Lipinski definition) is 4. The molecular weight excluding hydrogens is 354 g/mol. The van der Waals surface area contributed by atoms with Crippen molar-refractivity contribution in [3.05, 3.63) is 58.7 Å². The molecule has 1 saturated heterocycles. The normalized spacial score (nSPS) is 22.2. The van der Waals surface area contributed by atoms with Crippen LogP contribution < -0.4 is 5.32 Å². The minimum atomic E-state index is -0.617. The molecular formula is C22H23N3O3. The number of benzene rings is 1. The van der Waals surface area contributed by atoms with Crippen molar-refractivity contribution in [3.8, 4) is 0 Å². The quantitative estimate of drug-likeness (QED) is 0.624. The van der Waals surface area contributed by atoms with E-state index in [0.717, 1.165) is 48.0 Å². The molecule has 4 rings (SSSR count). The van der Waals surface area contributed by atoms with Gasteiger partial charge in [-0.1, -0.05) is 18.7 Å². The van der Waals surface area contributed by atoms with Crippen molar-refractivity contribution in [1.82, 2.24) is 10.2 Å². The molecule has 1 atom stereocenters. The van der Waals surface area contributed by atoms with Gasteiger partial charge in [0.1, 0.15) is 6.04 Å². The van der Waals surface area contributed by atoms with Gasteiger partial charge in [-0.2, -0.15) is 0 Å². The van der Waals surface area contributed by atoms with Crippen molar-refractivity contribution >= 4 is 23.4 Å². The van der Waals surface area contributed by atoms with Crippen molar-refractivity contribution in [2.75, 3.05) is 0 Å². The fourth-order valence-electron chi connectivity index (χ4n) is 4.34. The van der Waals surface area contributed by atoms with Crippen molar-refractivity contribution in [1.29, 1.82) is 5.41 Å². The van der Waals surface area contributed by atoms with Crippen molar-refractivity contribution in [2.24, 2.45) is 0 Å². The van der Waals surface area contributed by atoms with Crippen LogP contribution in [0.4, 0.5) is 0 Å². The van der Waals surface area contributed by atoms with Crippen molar-refractivity contribution < 1.29 is 14.4 Å². The van der Waals surface area contributed by atoms with Crippen LogP contribution in [-0.2, 0) is 16.1 Å². The van der Waals surface area contributed by atoms with E-state index in [-0.39, 0.29) is 18.2 Å². The van der Waals surface area contributed by atoms with Gasteiger partial charge in [-0.25, -0.2) is 0 Å². The maximum Gasteiger partial charge on any atom is 0.255 e. The Kier molecular flexibility index (Phi) is 4.71. The maximum absolute atomic E-state index is 12.8. The SMILES string of the molecule is C=CC1=C(C(=N)c2ccc3c(c2)CN(C2CCC(=O)NC2=O)C3=O)CCCC1. The highest BCUT2D eigenvalue weighted by molar-refractivity contribution is 6.12. The molecule has 6 nitrogen and oxygen atoms in total. The zero-order chi connectivity index (χ0) is 19.8. The summed E-state index contributed by atoms with van der Waals surface area (Å²) < 4.78 is 0. The zero-order valence-electron chi connectivity index (χ0n) is 15.7. The minimum Gasteiger partial charge on any atom is -0.322 e. The average Bonchev–Trinajstić information content (AvgIpc) is 3.03. The molecule has 144 valence electrons. The topological polar surface area (TPSA) is 90.3 Å². The van der Waals surface area contributed by atoms with Crippen LogP contribution in [0.15, 0.2) is 42.0 Å². The highest BCUT2D eigenvalue weighted by Crippen LogP contribution is 2.31. The fraction of sp³-hybridized carbons (Fsp3) is 0.364. The van der Waals surface area contributed by atoms with Gasteiger partial charge < -0.3 is 4.90 Å². The lowest BCUT2D eigenvalue weighted by Crippen LogP contribution is -2.52. The number of nitrogens with zero attached hydrogens (tertiary/aromatic N) is 1. The number of allylic oxidation sites excluding steroid dienone is 3. The number of hydrogen-bond donors (Lipinski definition) is 2. The van der Waals surface area contributed by atoms with E-state index in [9.17, 15) is 14.4 Å². The molecule has 0 bridgehead atoms. The molecule has 28 heavy (non-hydrogen) atoms. The summed E-state index contributed by atoms with van der Waals surface area (Å²) >= 11 is 0. The van der Waals surface area contributed by atoms with E-state index in [4.69, 9.17) is 5.41 Å². The van der Waals surface area contributed by atoms with Gasteiger partial charge >= 0.3 is 0 Å². The van der Waals surface area contributed by atoms with E-state index in [2.05, 4.69) is 11.9 Å². The number of imide groups is 1. The third kappa shape index (κ3) is 3.09. The Labute approximate surface area is 163 Å². The summed E-state index contributed by atoms with van der Waals surface area (Å²) in [5, 5.41) is 11.0. The molecule has 2 heterocycles. The molecule has 3 amide bonds. The van der Waals surface area contributed by atoms with Crippen LogP contribution >= 0.6 is 0 Å². The highest BCUT2D eigenvalue weighted by Gasteiger charge is 2.39. The Hall–Kier alpha value is -3.02. The van der Waals surface area contributed by atoms with Gasteiger partial charge in [0.05, 0.1) is 5.71 Å². The van der Waals surface area contributed by atoms with E-state index in [1.54, 1.807) is 6.07 Å². The third-order valence-electron chi connectivity index (χ3n) is 5.87. The van der Waals surface area contributed by atoms with Gasteiger partial charge in [0.2, 0.25) is 11.8 Å². The number of nitrogens with one attached hydrogen (secondary N) is 2. The Morgan fingerprint density at radius 2 is 1.96 bits per heavy atom. The number of carbonyl (C=O) groups is 3. The van der Waals surface area contributed by atoms with E-state index >= 15 is 0 Å². The monoisotopic (exact) mass is 377 g/mol. The van der Waals surface area contributed by atoms with E-state index in [1.807, 2.05) is 18.2 Å². The molecule has 1 aromatic rings. The minimum absolute atomic E-state index is 0.189. The molecule has 2 N–H and O–H groups in total. The summed E-state index contributed by atoms with van der Waals surface area (Å²) in [6, 6.07) is 4.85. The number of fused-ring (bicyclic) bond motifs is 1.